The number of rotatable bonds is 1. The van der Waals surface area contributed by atoms with Gasteiger partial charge in [0.15, 0.2) is 0 Å². The van der Waals surface area contributed by atoms with Crippen molar-refractivity contribution in [3.8, 4) is 0 Å². The molecule has 0 heterocycles. The average Bonchev–Trinajstić information content (AvgIpc) is 2.47. The van der Waals surface area contributed by atoms with Gasteiger partial charge in [0, 0.05) is 10.0 Å². The van der Waals surface area contributed by atoms with Crippen LogP contribution in [0.3, 0.4) is 0 Å². The lowest BCUT2D eigenvalue weighted by Gasteiger charge is -2.17. The molecule has 0 spiro atoms. The molecule has 1 unspecified atom stereocenters. The molecule has 4 heteroatoms. The van der Waals surface area contributed by atoms with Gasteiger partial charge in [-0.2, -0.15) is 0 Å². The number of hydrogen-bond acceptors (Lipinski definition) is 1. The number of hydrogen-bond donors (Lipinski definition) is 1. The topological polar surface area (TPSA) is 26.0 Å². The number of benzene rings is 1. The molecule has 0 bridgehead atoms. The van der Waals surface area contributed by atoms with Crippen molar-refractivity contribution >= 4 is 15.9 Å². The normalized spacial score (nSPS) is 27.9. The lowest BCUT2D eigenvalue weighted by Crippen LogP contribution is -2.28. The molecular formula is C11H12BrF2N. The third-order valence-corrected chi connectivity index (χ3v) is 3.71. The van der Waals surface area contributed by atoms with Crippen molar-refractivity contribution < 1.29 is 8.78 Å². The molecule has 0 saturated heterocycles. The van der Waals surface area contributed by atoms with Gasteiger partial charge in [-0.1, -0.05) is 29.8 Å². The van der Waals surface area contributed by atoms with Crippen LogP contribution in [0.25, 0.3) is 0 Å². The Labute approximate surface area is 95.8 Å². The zero-order valence-electron chi connectivity index (χ0n) is 8.57. The van der Waals surface area contributed by atoms with Gasteiger partial charge < -0.3 is 5.73 Å². The first-order valence-electron chi connectivity index (χ1n) is 4.72. The molecule has 2 N–H and O–H groups in total. The standard InChI is InChI=1S/C11H12BrF2N/c1-10(2)5-11(10,15)9-7(13)3-6(12)4-8(9)14/h3-4H,5,15H2,1-2H3. The Kier molecular flexibility index (Phi) is 2.21. The highest BCUT2D eigenvalue weighted by atomic mass is 79.9. The first kappa shape index (κ1) is 11.0. The Balaban J connectivity index is 2.56. The first-order chi connectivity index (χ1) is 6.78. The summed E-state index contributed by atoms with van der Waals surface area (Å²) in [5, 5.41) is 0. The van der Waals surface area contributed by atoms with Crippen molar-refractivity contribution in [1.29, 1.82) is 0 Å². The molecule has 1 saturated carbocycles. The van der Waals surface area contributed by atoms with Crippen LogP contribution >= 0.6 is 15.9 Å². The zero-order valence-corrected chi connectivity index (χ0v) is 10.2. The summed E-state index contributed by atoms with van der Waals surface area (Å²) in [6.07, 6.45) is 0.607. The Morgan fingerprint density at radius 3 is 2.00 bits per heavy atom. The second-order valence-electron chi connectivity index (χ2n) is 4.78. The fourth-order valence-electron chi connectivity index (χ4n) is 2.05. The van der Waals surface area contributed by atoms with E-state index in [1.165, 1.54) is 12.1 Å². The van der Waals surface area contributed by atoms with Crippen LogP contribution in [-0.4, -0.2) is 0 Å². The molecule has 1 nitrogen and oxygen atoms in total. The van der Waals surface area contributed by atoms with E-state index in [-0.39, 0.29) is 11.0 Å². The second-order valence-corrected chi connectivity index (χ2v) is 5.69. The maximum atomic E-state index is 13.6. The summed E-state index contributed by atoms with van der Waals surface area (Å²) in [6.45, 7) is 3.82. The van der Waals surface area contributed by atoms with E-state index in [1.54, 1.807) is 0 Å². The van der Waals surface area contributed by atoms with Crippen molar-refractivity contribution in [2.24, 2.45) is 11.1 Å². The van der Waals surface area contributed by atoms with E-state index in [4.69, 9.17) is 5.73 Å². The van der Waals surface area contributed by atoms with Crippen LogP contribution in [0.4, 0.5) is 8.78 Å². The SMILES string of the molecule is CC1(C)CC1(N)c1c(F)cc(Br)cc1F. The lowest BCUT2D eigenvalue weighted by atomic mass is 9.96. The Morgan fingerprint density at radius 1 is 1.27 bits per heavy atom. The third-order valence-electron chi connectivity index (χ3n) is 3.26. The molecule has 0 aliphatic heterocycles. The van der Waals surface area contributed by atoms with E-state index in [0.29, 0.717) is 10.9 Å². The quantitative estimate of drug-likeness (QED) is 0.836. The maximum Gasteiger partial charge on any atom is 0.132 e. The van der Waals surface area contributed by atoms with Crippen molar-refractivity contribution in [3.63, 3.8) is 0 Å². The van der Waals surface area contributed by atoms with Gasteiger partial charge in [-0.25, -0.2) is 8.78 Å². The van der Waals surface area contributed by atoms with Crippen LogP contribution in [0, 0.1) is 17.0 Å². The monoisotopic (exact) mass is 275 g/mol. The summed E-state index contributed by atoms with van der Waals surface area (Å²) in [5.74, 6) is -1.15. The van der Waals surface area contributed by atoms with Crippen LogP contribution in [0.5, 0.6) is 0 Å². The van der Waals surface area contributed by atoms with Gasteiger partial charge in [0.1, 0.15) is 11.6 Å². The van der Waals surface area contributed by atoms with Crippen molar-refractivity contribution in [2.75, 3.05) is 0 Å². The zero-order chi connectivity index (χ0) is 11.4. The van der Waals surface area contributed by atoms with Gasteiger partial charge in [0.25, 0.3) is 0 Å². The van der Waals surface area contributed by atoms with Crippen LogP contribution < -0.4 is 5.73 Å². The van der Waals surface area contributed by atoms with Crippen molar-refractivity contribution in [2.45, 2.75) is 25.8 Å². The molecule has 2 rings (SSSR count). The minimum atomic E-state index is -0.859. The molecule has 1 aromatic rings. The second kappa shape index (κ2) is 3.01. The lowest BCUT2D eigenvalue weighted by molar-refractivity contribution is 0.453. The third kappa shape index (κ3) is 1.51. The molecule has 1 fully saturated rings. The first-order valence-corrected chi connectivity index (χ1v) is 5.51. The van der Waals surface area contributed by atoms with E-state index in [2.05, 4.69) is 15.9 Å². The Bertz CT molecular complexity index is 408. The van der Waals surface area contributed by atoms with Crippen molar-refractivity contribution in [1.82, 2.24) is 0 Å². The number of nitrogens with two attached hydrogens (primary N) is 1. The molecule has 0 amide bonds. The van der Waals surface area contributed by atoms with Gasteiger partial charge in [-0.3, -0.25) is 0 Å². The molecule has 1 aliphatic carbocycles. The Hall–Kier alpha value is -0.480. The highest BCUT2D eigenvalue weighted by Gasteiger charge is 2.61. The van der Waals surface area contributed by atoms with E-state index >= 15 is 0 Å². The van der Waals surface area contributed by atoms with Crippen LogP contribution in [0.2, 0.25) is 0 Å². The molecule has 15 heavy (non-hydrogen) atoms. The fraction of sp³-hybridized carbons (Fsp3) is 0.455. The smallest absolute Gasteiger partial charge is 0.132 e. The molecule has 0 aromatic heterocycles. The summed E-state index contributed by atoms with van der Waals surface area (Å²) >= 11 is 3.04. The molecule has 0 radical (unpaired) electrons. The van der Waals surface area contributed by atoms with Gasteiger partial charge in [-0.15, -0.1) is 0 Å². The summed E-state index contributed by atoms with van der Waals surface area (Å²) in [6, 6.07) is 2.50. The largest absolute Gasteiger partial charge is 0.321 e. The van der Waals surface area contributed by atoms with Crippen molar-refractivity contribution in [3.05, 3.63) is 33.8 Å². The van der Waals surface area contributed by atoms with E-state index in [1.807, 2.05) is 13.8 Å². The summed E-state index contributed by atoms with van der Waals surface area (Å²) in [7, 11) is 0. The molecular weight excluding hydrogens is 264 g/mol. The van der Waals surface area contributed by atoms with Gasteiger partial charge in [0.05, 0.1) is 5.54 Å². The molecule has 1 aliphatic rings. The molecule has 82 valence electrons. The fourth-order valence-corrected chi connectivity index (χ4v) is 2.45. The van der Waals surface area contributed by atoms with Gasteiger partial charge in [-0.05, 0) is 24.0 Å². The Morgan fingerprint density at radius 2 is 1.67 bits per heavy atom. The summed E-state index contributed by atoms with van der Waals surface area (Å²) in [5.41, 5.74) is 4.92. The highest BCUT2D eigenvalue weighted by Crippen LogP contribution is 2.61. The number of halogens is 3. The summed E-state index contributed by atoms with van der Waals surface area (Å²) in [4.78, 5) is 0. The average molecular weight is 276 g/mol. The van der Waals surface area contributed by atoms with Gasteiger partial charge in [0.2, 0.25) is 0 Å². The van der Waals surface area contributed by atoms with Crippen LogP contribution in [-0.2, 0) is 5.54 Å². The maximum absolute atomic E-state index is 13.6. The van der Waals surface area contributed by atoms with Crippen LogP contribution in [0.1, 0.15) is 25.8 Å². The van der Waals surface area contributed by atoms with E-state index in [9.17, 15) is 8.78 Å². The van der Waals surface area contributed by atoms with Gasteiger partial charge >= 0.3 is 0 Å². The van der Waals surface area contributed by atoms with E-state index in [0.717, 1.165) is 0 Å². The predicted molar refractivity (Wildman–Crippen MR) is 58.3 cm³/mol. The van der Waals surface area contributed by atoms with Crippen LogP contribution in [0.15, 0.2) is 16.6 Å². The minimum Gasteiger partial charge on any atom is -0.321 e. The summed E-state index contributed by atoms with van der Waals surface area (Å²) < 4.78 is 27.7. The van der Waals surface area contributed by atoms with E-state index < -0.39 is 17.2 Å². The predicted octanol–water partition coefficient (Wildman–Crippen LogP) is 3.31. The minimum absolute atomic E-state index is 0.00991. The highest BCUT2D eigenvalue weighted by molar-refractivity contribution is 9.10. The molecule has 1 atom stereocenters. The molecule has 1 aromatic carbocycles.